The maximum absolute atomic E-state index is 12.4. The van der Waals surface area contributed by atoms with E-state index in [9.17, 15) is 4.79 Å². The van der Waals surface area contributed by atoms with E-state index < -0.39 is 0 Å². The molecule has 0 aliphatic heterocycles. The summed E-state index contributed by atoms with van der Waals surface area (Å²) in [4.78, 5) is 12.4. The number of amides is 1. The smallest absolute Gasteiger partial charge is 0.251 e. The number of nitrogens with one attached hydrogen (secondary N) is 1. The number of benzene rings is 2. The van der Waals surface area contributed by atoms with Crippen LogP contribution in [-0.2, 0) is 13.0 Å². The predicted octanol–water partition coefficient (Wildman–Crippen LogP) is 4.03. The Morgan fingerprint density at radius 1 is 1.10 bits per heavy atom. The van der Waals surface area contributed by atoms with Crippen LogP contribution in [0.3, 0.4) is 0 Å². The van der Waals surface area contributed by atoms with Gasteiger partial charge in [0.1, 0.15) is 18.1 Å². The van der Waals surface area contributed by atoms with Crippen LogP contribution in [0.25, 0.3) is 5.69 Å². The van der Waals surface area contributed by atoms with Crippen molar-refractivity contribution in [1.82, 2.24) is 20.3 Å². The van der Waals surface area contributed by atoms with Gasteiger partial charge in [-0.15, -0.1) is 0 Å². The third-order valence-electron chi connectivity index (χ3n) is 5.09. The van der Waals surface area contributed by atoms with Crippen molar-refractivity contribution in [3.63, 3.8) is 0 Å². The van der Waals surface area contributed by atoms with Gasteiger partial charge >= 0.3 is 0 Å². The highest BCUT2D eigenvalue weighted by atomic mass is 16.5. The topological polar surface area (TPSA) is 82.2 Å². The summed E-state index contributed by atoms with van der Waals surface area (Å²) in [5.41, 5.74) is 4.52. The SMILES string of the molecule is Cc1noc(C)c1COc1ccc(C(=O)NCCc2ccc(-n3cccn3)cc2)cc1. The fourth-order valence-electron chi connectivity index (χ4n) is 3.23. The molecule has 0 radical (unpaired) electrons. The Morgan fingerprint density at radius 2 is 1.87 bits per heavy atom. The number of hydrogen-bond acceptors (Lipinski definition) is 5. The van der Waals surface area contributed by atoms with Gasteiger partial charge in [0.15, 0.2) is 0 Å². The minimum absolute atomic E-state index is 0.106. The van der Waals surface area contributed by atoms with Crippen LogP contribution in [0.4, 0.5) is 0 Å². The zero-order valence-electron chi connectivity index (χ0n) is 17.5. The Kier molecular flexibility index (Phi) is 6.12. The number of carbonyl (C=O) groups is 1. The summed E-state index contributed by atoms with van der Waals surface area (Å²) in [7, 11) is 0. The van der Waals surface area contributed by atoms with Gasteiger partial charge in [-0.05, 0) is 68.3 Å². The molecule has 4 rings (SSSR count). The van der Waals surface area contributed by atoms with Gasteiger partial charge in [-0.25, -0.2) is 4.68 Å². The average molecular weight is 416 g/mol. The second kappa shape index (κ2) is 9.30. The molecule has 0 unspecified atom stereocenters. The molecule has 2 aromatic heterocycles. The summed E-state index contributed by atoms with van der Waals surface area (Å²) < 4.78 is 12.7. The molecule has 2 heterocycles. The van der Waals surface area contributed by atoms with Crippen molar-refractivity contribution in [2.24, 2.45) is 0 Å². The normalized spacial score (nSPS) is 10.8. The van der Waals surface area contributed by atoms with E-state index in [2.05, 4.69) is 15.6 Å². The molecular weight excluding hydrogens is 392 g/mol. The lowest BCUT2D eigenvalue weighted by atomic mass is 10.1. The average Bonchev–Trinajstić information content (AvgIpc) is 3.44. The van der Waals surface area contributed by atoms with Gasteiger partial charge in [0.2, 0.25) is 0 Å². The van der Waals surface area contributed by atoms with Gasteiger partial charge in [-0.2, -0.15) is 5.10 Å². The second-order valence-corrected chi connectivity index (χ2v) is 7.24. The summed E-state index contributed by atoms with van der Waals surface area (Å²) in [5, 5.41) is 11.1. The van der Waals surface area contributed by atoms with Gasteiger partial charge in [0.05, 0.1) is 16.9 Å². The lowest BCUT2D eigenvalue weighted by Crippen LogP contribution is -2.25. The van der Waals surface area contributed by atoms with Crippen LogP contribution in [-0.4, -0.2) is 27.4 Å². The number of ether oxygens (including phenoxy) is 1. The Morgan fingerprint density at radius 3 is 2.52 bits per heavy atom. The predicted molar refractivity (Wildman–Crippen MR) is 116 cm³/mol. The largest absolute Gasteiger partial charge is 0.489 e. The minimum Gasteiger partial charge on any atom is -0.489 e. The first kappa shape index (κ1) is 20.4. The first-order valence-electron chi connectivity index (χ1n) is 10.1. The third kappa shape index (κ3) is 5.01. The molecule has 0 saturated carbocycles. The fourth-order valence-corrected chi connectivity index (χ4v) is 3.23. The molecule has 0 atom stereocenters. The first-order valence-corrected chi connectivity index (χ1v) is 10.1. The maximum atomic E-state index is 12.4. The molecule has 0 fully saturated rings. The molecule has 1 N–H and O–H groups in total. The Labute approximate surface area is 180 Å². The quantitative estimate of drug-likeness (QED) is 0.469. The molecule has 31 heavy (non-hydrogen) atoms. The molecule has 0 saturated heterocycles. The number of nitrogens with zero attached hydrogens (tertiary/aromatic N) is 3. The third-order valence-corrected chi connectivity index (χ3v) is 5.09. The van der Waals surface area contributed by atoms with Crippen LogP contribution in [0.5, 0.6) is 5.75 Å². The summed E-state index contributed by atoms with van der Waals surface area (Å²) >= 11 is 0. The number of rotatable bonds is 8. The van der Waals surface area contributed by atoms with Crippen molar-refractivity contribution in [3.8, 4) is 11.4 Å². The second-order valence-electron chi connectivity index (χ2n) is 7.24. The van der Waals surface area contributed by atoms with Crippen LogP contribution in [0.1, 0.15) is 32.9 Å². The highest BCUT2D eigenvalue weighted by Crippen LogP contribution is 2.18. The van der Waals surface area contributed by atoms with E-state index in [1.807, 2.05) is 55.1 Å². The van der Waals surface area contributed by atoms with Crippen LogP contribution in [0.15, 0.2) is 71.5 Å². The van der Waals surface area contributed by atoms with Crippen molar-refractivity contribution in [2.45, 2.75) is 26.9 Å². The molecule has 0 bridgehead atoms. The lowest BCUT2D eigenvalue weighted by Gasteiger charge is -2.08. The molecule has 7 heteroatoms. The van der Waals surface area contributed by atoms with Crippen LogP contribution < -0.4 is 10.1 Å². The van der Waals surface area contributed by atoms with Gasteiger partial charge in [0.25, 0.3) is 5.91 Å². The molecule has 0 aliphatic carbocycles. The standard InChI is InChI=1S/C24H24N4O3/c1-17-23(18(2)31-27-17)16-30-22-10-6-20(7-11-22)24(29)25-14-12-19-4-8-21(9-5-19)28-15-3-13-26-28/h3-11,13,15H,12,14,16H2,1-2H3,(H,25,29). The monoisotopic (exact) mass is 416 g/mol. The van der Waals surface area contributed by atoms with E-state index in [0.717, 1.165) is 34.7 Å². The van der Waals surface area contributed by atoms with E-state index >= 15 is 0 Å². The number of aryl methyl sites for hydroxylation is 2. The van der Waals surface area contributed by atoms with Crippen LogP contribution >= 0.6 is 0 Å². The van der Waals surface area contributed by atoms with Crippen LogP contribution in [0.2, 0.25) is 0 Å². The van der Waals surface area contributed by atoms with Crippen molar-refractivity contribution in [1.29, 1.82) is 0 Å². The molecule has 7 nitrogen and oxygen atoms in total. The highest BCUT2D eigenvalue weighted by Gasteiger charge is 2.10. The van der Waals surface area contributed by atoms with Crippen molar-refractivity contribution in [2.75, 3.05) is 6.54 Å². The molecular formula is C24H24N4O3. The van der Waals surface area contributed by atoms with Crippen molar-refractivity contribution < 1.29 is 14.1 Å². The number of carbonyl (C=O) groups excluding carboxylic acids is 1. The van der Waals surface area contributed by atoms with Gasteiger partial charge in [-0.1, -0.05) is 17.3 Å². The molecule has 158 valence electrons. The van der Waals surface area contributed by atoms with Crippen molar-refractivity contribution >= 4 is 5.91 Å². The van der Waals surface area contributed by atoms with E-state index in [1.165, 1.54) is 0 Å². The Balaban J connectivity index is 1.25. The number of aromatic nitrogens is 3. The molecule has 0 aliphatic rings. The zero-order chi connectivity index (χ0) is 21.6. The Bertz CT molecular complexity index is 1110. The molecule has 2 aromatic carbocycles. The summed E-state index contributed by atoms with van der Waals surface area (Å²) in [6, 6.07) is 17.1. The van der Waals surface area contributed by atoms with Gasteiger partial charge < -0.3 is 14.6 Å². The number of hydrogen-bond donors (Lipinski definition) is 1. The molecule has 1 amide bonds. The molecule has 4 aromatic rings. The molecule has 0 spiro atoms. The van der Waals surface area contributed by atoms with E-state index in [1.54, 1.807) is 30.5 Å². The van der Waals surface area contributed by atoms with E-state index in [4.69, 9.17) is 9.26 Å². The summed E-state index contributed by atoms with van der Waals surface area (Å²) in [5.74, 6) is 1.34. The summed E-state index contributed by atoms with van der Waals surface area (Å²) in [6.45, 7) is 4.69. The highest BCUT2D eigenvalue weighted by molar-refractivity contribution is 5.94. The van der Waals surface area contributed by atoms with Crippen molar-refractivity contribution in [3.05, 3.63) is 95.1 Å². The maximum Gasteiger partial charge on any atom is 0.251 e. The van der Waals surface area contributed by atoms with Gasteiger partial charge in [0, 0.05) is 24.5 Å². The fraction of sp³-hybridized carbons (Fsp3) is 0.208. The lowest BCUT2D eigenvalue weighted by molar-refractivity contribution is 0.0954. The minimum atomic E-state index is -0.106. The van der Waals surface area contributed by atoms with Crippen LogP contribution in [0, 0.1) is 13.8 Å². The Hall–Kier alpha value is -3.87. The zero-order valence-corrected chi connectivity index (χ0v) is 17.5. The van der Waals surface area contributed by atoms with E-state index in [-0.39, 0.29) is 5.91 Å². The van der Waals surface area contributed by atoms with Gasteiger partial charge in [-0.3, -0.25) is 4.79 Å². The summed E-state index contributed by atoms with van der Waals surface area (Å²) in [6.07, 6.45) is 4.41. The first-order chi connectivity index (χ1) is 15.1. The van der Waals surface area contributed by atoms with E-state index in [0.29, 0.717) is 24.5 Å².